The minimum atomic E-state index is 0.321. The third-order valence-corrected chi connectivity index (χ3v) is 3.78. The second-order valence-electron chi connectivity index (χ2n) is 5.26. The van der Waals surface area contributed by atoms with Crippen molar-refractivity contribution in [2.75, 3.05) is 27.0 Å². The van der Waals surface area contributed by atoms with Crippen molar-refractivity contribution < 1.29 is 9.47 Å². The number of ether oxygens (including phenoxy) is 2. The molecule has 3 rings (SSSR count). The highest BCUT2D eigenvalue weighted by Gasteiger charge is 2.31. The Bertz CT molecular complexity index is 581. The predicted octanol–water partition coefficient (Wildman–Crippen LogP) is 0.886. The summed E-state index contributed by atoms with van der Waals surface area (Å²) in [5, 5.41) is 18.9. The van der Waals surface area contributed by atoms with Gasteiger partial charge in [0.25, 0.3) is 0 Å². The lowest BCUT2D eigenvalue weighted by molar-refractivity contribution is 0.124. The van der Waals surface area contributed by atoms with Crippen molar-refractivity contribution >= 4 is 5.90 Å². The maximum atomic E-state index is 8.95. The van der Waals surface area contributed by atoms with Gasteiger partial charge in [-0.3, -0.25) is 5.01 Å². The van der Waals surface area contributed by atoms with Gasteiger partial charge in [0.05, 0.1) is 24.3 Å². The van der Waals surface area contributed by atoms with Gasteiger partial charge in [0, 0.05) is 25.3 Å². The first kappa shape index (κ1) is 13.9. The normalized spacial score (nSPS) is 24.6. The van der Waals surface area contributed by atoms with Crippen molar-refractivity contribution in [3.8, 4) is 6.07 Å². The molecule has 1 saturated heterocycles. The Labute approximate surface area is 123 Å². The molecule has 2 aliphatic rings. The standard InChI is InChI=1S/C15H18N4O2/c1-20-9-13-6-14(8-17-13)19-10-21-15(18-19)12-4-2-3-11(5-12)7-16/h2-5,13-14,17H,6,8-10H2,1H3/t13-,14+/m0/s1. The molecule has 0 aliphatic carbocycles. The first-order valence-corrected chi connectivity index (χ1v) is 7.01. The predicted molar refractivity (Wildman–Crippen MR) is 77.6 cm³/mol. The highest BCUT2D eigenvalue weighted by atomic mass is 16.5. The number of rotatable bonds is 4. The summed E-state index contributed by atoms with van der Waals surface area (Å²) < 4.78 is 10.8. The van der Waals surface area contributed by atoms with Gasteiger partial charge in [0.15, 0.2) is 6.73 Å². The van der Waals surface area contributed by atoms with E-state index in [1.165, 1.54) is 0 Å². The Morgan fingerprint density at radius 2 is 2.48 bits per heavy atom. The summed E-state index contributed by atoms with van der Waals surface area (Å²) in [7, 11) is 1.71. The number of nitrogens with one attached hydrogen (secondary N) is 1. The van der Waals surface area contributed by atoms with Crippen molar-refractivity contribution in [3.63, 3.8) is 0 Å². The smallest absolute Gasteiger partial charge is 0.240 e. The fourth-order valence-corrected chi connectivity index (χ4v) is 2.70. The fraction of sp³-hybridized carbons (Fsp3) is 0.467. The largest absolute Gasteiger partial charge is 0.453 e. The highest BCUT2D eigenvalue weighted by Crippen LogP contribution is 2.20. The van der Waals surface area contributed by atoms with Crippen molar-refractivity contribution in [2.45, 2.75) is 18.5 Å². The van der Waals surface area contributed by atoms with E-state index in [4.69, 9.17) is 14.7 Å². The van der Waals surface area contributed by atoms with E-state index < -0.39 is 0 Å². The number of nitrogens with zero attached hydrogens (tertiary/aromatic N) is 3. The van der Waals surface area contributed by atoms with E-state index >= 15 is 0 Å². The lowest BCUT2D eigenvalue weighted by Crippen LogP contribution is -2.31. The monoisotopic (exact) mass is 286 g/mol. The summed E-state index contributed by atoms with van der Waals surface area (Å²) in [5.74, 6) is 0.585. The summed E-state index contributed by atoms with van der Waals surface area (Å²) in [5.41, 5.74) is 1.45. The molecule has 6 nitrogen and oxygen atoms in total. The maximum absolute atomic E-state index is 8.95. The first-order chi connectivity index (χ1) is 10.3. The number of hydrazone groups is 1. The lowest BCUT2D eigenvalue weighted by Gasteiger charge is -2.18. The Morgan fingerprint density at radius 1 is 1.57 bits per heavy atom. The number of nitriles is 1. The van der Waals surface area contributed by atoms with E-state index in [0.29, 0.717) is 36.9 Å². The maximum Gasteiger partial charge on any atom is 0.240 e. The lowest BCUT2D eigenvalue weighted by atomic mass is 10.1. The fourth-order valence-electron chi connectivity index (χ4n) is 2.70. The average Bonchev–Trinajstić information content (AvgIpc) is 3.16. The topological polar surface area (TPSA) is 69.9 Å². The quantitative estimate of drug-likeness (QED) is 0.890. The van der Waals surface area contributed by atoms with Gasteiger partial charge in [-0.25, -0.2) is 0 Å². The van der Waals surface area contributed by atoms with E-state index in [-0.39, 0.29) is 0 Å². The summed E-state index contributed by atoms with van der Waals surface area (Å²) in [6.45, 7) is 2.05. The van der Waals surface area contributed by atoms with E-state index in [9.17, 15) is 0 Å². The van der Waals surface area contributed by atoms with Gasteiger partial charge in [-0.2, -0.15) is 5.26 Å². The van der Waals surface area contributed by atoms with Crippen molar-refractivity contribution in [1.82, 2.24) is 10.3 Å². The highest BCUT2D eigenvalue weighted by molar-refractivity contribution is 5.94. The first-order valence-electron chi connectivity index (χ1n) is 7.01. The zero-order valence-corrected chi connectivity index (χ0v) is 12.0. The van der Waals surface area contributed by atoms with Crippen molar-refractivity contribution in [2.24, 2.45) is 5.10 Å². The van der Waals surface area contributed by atoms with Gasteiger partial charge in [0.2, 0.25) is 5.90 Å². The number of hydrogen-bond donors (Lipinski definition) is 1. The Hall–Kier alpha value is -2.10. The Kier molecular flexibility index (Phi) is 4.04. The van der Waals surface area contributed by atoms with Crippen molar-refractivity contribution in [3.05, 3.63) is 35.4 Å². The van der Waals surface area contributed by atoms with Crippen LogP contribution in [0.5, 0.6) is 0 Å². The van der Waals surface area contributed by atoms with Crippen LogP contribution in [0.4, 0.5) is 0 Å². The third-order valence-electron chi connectivity index (χ3n) is 3.78. The van der Waals surface area contributed by atoms with Gasteiger partial charge in [-0.1, -0.05) is 6.07 Å². The van der Waals surface area contributed by atoms with Crippen LogP contribution < -0.4 is 5.32 Å². The molecule has 0 unspecified atom stereocenters. The van der Waals surface area contributed by atoms with E-state index in [1.54, 1.807) is 19.2 Å². The minimum Gasteiger partial charge on any atom is -0.453 e. The van der Waals surface area contributed by atoms with Gasteiger partial charge in [-0.05, 0) is 24.6 Å². The van der Waals surface area contributed by atoms with Crippen molar-refractivity contribution in [1.29, 1.82) is 5.26 Å². The summed E-state index contributed by atoms with van der Waals surface area (Å²) in [4.78, 5) is 0. The molecule has 2 heterocycles. The molecule has 21 heavy (non-hydrogen) atoms. The van der Waals surface area contributed by atoms with Crippen LogP contribution in [0.15, 0.2) is 29.4 Å². The molecule has 0 aromatic heterocycles. The molecule has 2 aliphatic heterocycles. The molecule has 1 aromatic carbocycles. The minimum absolute atomic E-state index is 0.321. The number of hydrogen-bond acceptors (Lipinski definition) is 6. The van der Waals surface area contributed by atoms with Crippen LogP contribution in [0.1, 0.15) is 17.5 Å². The molecular weight excluding hydrogens is 268 g/mol. The summed E-state index contributed by atoms with van der Waals surface area (Å²) in [6, 6.07) is 10.1. The molecule has 1 N–H and O–H groups in total. The molecule has 1 aromatic rings. The molecule has 0 amide bonds. The molecule has 2 atom stereocenters. The van der Waals surface area contributed by atoms with E-state index in [0.717, 1.165) is 18.5 Å². The molecule has 0 spiro atoms. The number of methoxy groups -OCH3 is 1. The molecule has 0 saturated carbocycles. The molecule has 0 radical (unpaired) electrons. The molecule has 6 heteroatoms. The van der Waals surface area contributed by atoms with Gasteiger partial charge in [-0.15, -0.1) is 5.10 Å². The van der Waals surface area contributed by atoms with Crippen LogP contribution in [-0.2, 0) is 9.47 Å². The van der Waals surface area contributed by atoms with Crippen LogP contribution >= 0.6 is 0 Å². The van der Waals surface area contributed by atoms with Crippen LogP contribution in [0, 0.1) is 11.3 Å². The third kappa shape index (κ3) is 2.99. The van der Waals surface area contributed by atoms with Crippen LogP contribution in [0.2, 0.25) is 0 Å². The zero-order valence-electron chi connectivity index (χ0n) is 12.0. The van der Waals surface area contributed by atoms with Crippen LogP contribution in [0.3, 0.4) is 0 Å². The zero-order chi connectivity index (χ0) is 14.7. The molecule has 0 bridgehead atoms. The van der Waals surface area contributed by atoms with E-state index in [1.807, 2.05) is 17.1 Å². The Morgan fingerprint density at radius 3 is 3.29 bits per heavy atom. The summed E-state index contributed by atoms with van der Waals surface area (Å²) in [6.07, 6.45) is 0.992. The van der Waals surface area contributed by atoms with Gasteiger partial charge in [0.1, 0.15) is 0 Å². The van der Waals surface area contributed by atoms with Gasteiger partial charge >= 0.3 is 0 Å². The molecule has 1 fully saturated rings. The second kappa shape index (κ2) is 6.12. The second-order valence-corrected chi connectivity index (χ2v) is 5.26. The van der Waals surface area contributed by atoms with Gasteiger partial charge < -0.3 is 14.8 Å². The number of benzene rings is 1. The Balaban J connectivity index is 1.68. The average molecular weight is 286 g/mol. The van der Waals surface area contributed by atoms with Crippen LogP contribution in [-0.4, -0.2) is 50.0 Å². The SMILES string of the molecule is COC[C@@H]1C[C@@H](N2COC(c3cccc(C#N)c3)=N2)CN1. The molecular formula is C15H18N4O2. The van der Waals surface area contributed by atoms with Crippen LogP contribution in [0.25, 0.3) is 0 Å². The molecule has 110 valence electrons. The summed E-state index contributed by atoms with van der Waals surface area (Å²) >= 11 is 0. The van der Waals surface area contributed by atoms with E-state index in [2.05, 4.69) is 16.5 Å².